The Morgan fingerprint density at radius 1 is 1.56 bits per heavy atom. The molecular weight excluding hydrogens is 110 g/mol. The highest BCUT2D eigenvalue weighted by atomic mass is 14.7. The zero-order valence-electron chi connectivity index (χ0n) is 5.22. The summed E-state index contributed by atoms with van der Waals surface area (Å²) in [6, 6.07) is 2.15. The van der Waals surface area contributed by atoms with Crippen LogP contribution in [0.25, 0.3) is 6.08 Å². The fraction of sp³-hybridized carbons (Fsp3) is 0.250. The van der Waals surface area contributed by atoms with Gasteiger partial charge in [-0.05, 0) is 30.5 Å². The molecule has 1 heteroatoms. The Hall–Kier alpha value is -0.980. The van der Waals surface area contributed by atoms with E-state index in [1.165, 1.54) is 24.1 Å². The van der Waals surface area contributed by atoms with Crippen molar-refractivity contribution >= 4 is 6.08 Å². The van der Waals surface area contributed by atoms with Gasteiger partial charge in [0.05, 0.1) is 0 Å². The second kappa shape index (κ2) is 1.76. The van der Waals surface area contributed by atoms with E-state index in [2.05, 4.69) is 23.2 Å². The smallest absolute Gasteiger partial charge is 0.0409 e. The fourth-order valence-electron chi connectivity index (χ4n) is 1.23. The van der Waals surface area contributed by atoms with E-state index < -0.39 is 0 Å². The summed E-state index contributed by atoms with van der Waals surface area (Å²) in [6.07, 6.45) is 8.76. The van der Waals surface area contributed by atoms with Crippen molar-refractivity contribution in [2.24, 2.45) is 0 Å². The molecule has 1 aliphatic carbocycles. The van der Waals surface area contributed by atoms with E-state index in [0.717, 1.165) is 0 Å². The van der Waals surface area contributed by atoms with Gasteiger partial charge in [-0.1, -0.05) is 6.08 Å². The van der Waals surface area contributed by atoms with Gasteiger partial charge in [-0.25, -0.2) is 0 Å². The predicted octanol–water partition coefficient (Wildman–Crippen LogP) is 2.22. The van der Waals surface area contributed by atoms with Crippen LogP contribution in [0.15, 0.2) is 18.3 Å². The highest BCUT2D eigenvalue weighted by Crippen LogP contribution is 2.16. The highest BCUT2D eigenvalue weighted by Gasteiger charge is 2.02. The molecule has 1 aliphatic rings. The highest BCUT2D eigenvalue weighted by molar-refractivity contribution is 5.52. The Kier molecular flexibility index (Phi) is 0.950. The topological polar surface area (TPSA) is 15.8 Å². The van der Waals surface area contributed by atoms with Gasteiger partial charge in [0.25, 0.3) is 0 Å². The molecule has 0 aromatic carbocycles. The van der Waals surface area contributed by atoms with Gasteiger partial charge in [-0.3, -0.25) is 0 Å². The number of fused-ring (bicyclic) bond motifs is 1. The molecule has 0 bridgehead atoms. The number of aromatic amines is 1. The second-order valence-electron chi connectivity index (χ2n) is 2.36. The van der Waals surface area contributed by atoms with Crippen molar-refractivity contribution in [3.63, 3.8) is 0 Å². The first-order valence-electron chi connectivity index (χ1n) is 3.29. The zero-order valence-corrected chi connectivity index (χ0v) is 5.22. The maximum absolute atomic E-state index is 3.17. The predicted molar refractivity (Wildman–Crippen MR) is 40.3 cm³/mol. The monoisotopic (exact) mass is 121 g/mol. The standard InChI is InChI=1S/C8H9N.H2/c1-2-4-8-7(3-1)5-6-9-8;/h2,4-6,9H,1,3H2;1H. The summed E-state index contributed by atoms with van der Waals surface area (Å²) in [5.74, 6) is 0. The van der Waals surface area contributed by atoms with E-state index in [1.54, 1.807) is 0 Å². The van der Waals surface area contributed by atoms with Crippen molar-refractivity contribution in [2.75, 3.05) is 0 Å². The average molecular weight is 121 g/mol. The summed E-state index contributed by atoms with van der Waals surface area (Å²) in [5.41, 5.74) is 2.75. The largest absolute Gasteiger partial charge is 0.361 e. The third kappa shape index (κ3) is 0.689. The Morgan fingerprint density at radius 3 is 3.44 bits per heavy atom. The fourth-order valence-corrected chi connectivity index (χ4v) is 1.23. The molecule has 1 heterocycles. The normalized spacial score (nSPS) is 15.6. The lowest BCUT2D eigenvalue weighted by atomic mass is 10.1. The Labute approximate surface area is 55.9 Å². The Balaban J connectivity index is 0.000000500. The molecule has 0 fully saturated rings. The Morgan fingerprint density at radius 2 is 2.56 bits per heavy atom. The van der Waals surface area contributed by atoms with Gasteiger partial charge in [-0.2, -0.15) is 0 Å². The third-order valence-corrected chi connectivity index (χ3v) is 1.73. The molecule has 0 unspecified atom stereocenters. The van der Waals surface area contributed by atoms with E-state index in [0.29, 0.717) is 0 Å². The first kappa shape index (κ1) is 4.86. The molecule has 1 aromatic heterocycles. The summed E-state index contributed by atoms with van der Waals surface area (Å²) in [7, 11) is 0. The molecule has 48 valence electrons. The lowest BCUT2D eigenvalue weighted by molar-refractivity contribution is 0.985. The van der Waals surface area contributed by atoms with E-state index in [1.807, 2.05) is 6.20 Å². The third-order valence-electron chi connectivity index (χ3n) is 1.73. The minimum Gasteiger partial charge on any atom is -0.361 e. The van der Waals surface area contributed by atoms with E-state index in [4.69, 9.17) is 0 Å². The van der Waals surface area contributed by atoms with Crippen LogP contribution < -0.4 is 0 Å². The Bertz CT molecular complexity index is 237. The molecule has 0 spiro atoms. The maximum atomic E-state index is 3.17. The molecule has 1 aromatic rings. The molecule has 0 saturated heterocycles. The van der Waals surface area contributed by atoms with Crippen LogP contribution in [0, 0.1) is 0 Å². The number of rotatable bonds is 0. The van der Waals surface area contributed by atoms with Gasteiger partial charge in [0.2, 0.25) is 0 Å². The summed E-state index contributed by atoms with van der Waals surface area (Å²) in [6.45, 7) is 0. The van der Waals surface area contributed by atoms with Crippen LogP contribution in [-0.4, -0.2) is 4.98 Å². The van der Waals surface area contributed by atoms with Crippen molar-refractivity contribution in [3.05, 3.63) is 29.6 Å². The number of allylic oxidation sites excluding steroid dienone is 1. The lowest BCUT2D eigenvalue weighted by Crippen LogP contribution is -1.88. The number of H-pyrrole nitrogens is 1. The summed E-state index contributed by atoms with van der Waals surface area (Å²) >= 11 is 0. The summed E-state index contributed by atoms with van der Waals surface area (Å²) in [4.78, 5) is 3.17. The molecule has 2 rings (SSSR count). The number of hydrogen-bond donors (Lipinski definition) is 1. The van der Waals surface area contributed by atoms with Crippen LogP contribution in [-0.2, 0) is 6.42 Å². The van der Waals surface area contributed by atoms with Gasteiger partial charge >= 0.3 is 0 Å². The van der Waals surface area contributed by atoms with E-state index in [9.17, 15) is 0 Å². The van der Waals surface area contributed by atoms with Gasteiger partial charge in [0.15, 0.2) is 0 Å². The van der Waals surface area contributed by atoms with Crippen LogP contribution in [0.4, 0.5) is 0 Å². The zero-order chi connectivity index (χ0) is 6.10. The molecule has 0 radical (unpaired) electrons. The van der Waals surface area contributed by atoms with Gasteiger partial charge in [0, 0.05) is 13.3 Å². The molecule has 0 amide bonds. The van der Waals surface area contributed by atoms with Crippen LogP contribution in [0.3, 0.4) is 0 Å². The molecular formula is C8H11N. The number of nitrogens with one attached hydrogen (secondary N) is 1. The average Bonchev–Trinajstić information content (AvgIpc) is 2.33. The van der Waals surface area contributed by atoms with Gasteiger partial charge < -0.3 is 4.98 Å². The molecule has 0 atom stereocenters. The molecule has 0 saturated carbocycles. The molecule has 9 heavy (non-hydrogen) atoms. The number of aryl methyl sites for hydroxylation is 1. The van der Waals surface area contributed by atoms with Crippen LogP contribution in [0.1, 0.15) is 19.1 Å². The number of aromatic nitrogens is 1. The van der Waals surface area contributed by atoms with Crippen LogP contribution >= 0.6 is 0 Å². The first-order chi connectivity index (χ1) is 4.47. The van der Waals surface area contributed by atoms with Gasteiger partial charge in [-0.15, -0.1) is 0 Å². The minimum atomic E-state index is 0. The van der Waals surface area contributed by atoms with Gasteiger partial charge in [0.1, 0.15) is 0 Å². The van der Waals surface area contributed by atoms with E-state index in [-0.39, 0.29) is 1.43 Å². The second-order valence-corrected chi connectivity index (χ2v) is 2.36. The van der Waals surface area contributed by atoms with Crippen molar-refractivity contribution in [3.8, 4) is 0 Å². The van der Waals surface area contributed by atoms with E-state index >= 15 is 0 Å². The maximum Gasteiger partial charge on any atom is 0.0409 e. The first-order valence-corrected chi connectivity index (χ1v) is 3.29. The SMILES string of the molecule is C1=Cc2[nH]ccc2CC1.[HH]. The van der Waals surface area contributed by atoms with Crippen molar-refractivity contribution < 1.29 is 1.43 Å². The van der Waals surface area contributed by atoms with Crippen molar-refractivity contribution in [1.82, 2.24) is 4.98 Å². The molecule has 1 N–H and O–H groups in total. The quantitative estimate of drug-likeness (QED) is 0.541. The van der Waals surface area contributed by atoms with Crippen LogP contribution in [0.5, 0.6) is 0 Å². The lowest BCUT2D eigenvalue weighted by Gasteiger charge is -2.01. The van der Waals surface area contributed by atoms with Crippen molar-refractivity contribution in [2.45, 2.75) is 12.8 Å². The molecule has 0 aliphatic heterocycles. The summed E-state index contributed by atoms with van der Waals surface area (Å²) < 4.78 is 0. The number of hydrogen-bond acceptors (Lipinski definition) is 0. The summed E-state index contributed by atoms with van der Waals surface area (Å²) in [5, 5.41) is 0. The van der Waals surface area contributed by atoms with Crippen LogP contribution in [0.2, 0.25) is 0 Å². The minimum absolute atomic E-state index is 0. The van der Waals surface area contributed by atoms with Crippen molar-refractivity contribution in [1.29, 1.82) is 0 Å². The molecule has 1 nitrogen and oxygen atoms in total.